The summed E-state index contributed by atoms with van der Waals surface area (Å²) in [5.41, 5.74) is 0. The minimum atomic E-state index is -4.36. The minimum Gasteiger partial charge on any atom is -0.459 e. The number of alkyl halides is 3. The van der Waals surface area contributed by atoms with Gasteiger partial charge in [-0.3, -0.25) is 9.59 Å². The summed E-state index contributed by atoms with van der Waals surface area (Å²) in [6.45, 7) is -0.623. The summed E-state index contributed by atoms with van der Waals surface area (Å²) in [6.07, 6.45) is -1.94. The molecule has 1 aromatic rings. The number of amides is 2. The maximum absolute atomic E-state index is 12.1. The fourth-order valence-corrected chi connectivity index (χ4v) is 2.48. The van der Waals surface area contributed by atoms with E-state index in [1.807, 2.05) is 0 Å². The number of rotatable bonds is 6. The molecule has 0 bridgehead atoms. The first kappa shape index (κ1) is 18.3. The summed E-state index contributed by atoms with van der Waals surface area (Å²) in [4.78, 5) is 25.7. The summed E-state index contributed by atoms with van der Waals surface area (Å²) >= 11 is 0. The minimum absolute atomic E-state index is 0.0282. The zero-order chi connectivity index (χ0) is 17.6. The molecule has 1 aliphatic rings. The van der Waals surface area contributed by atoms with Crippen molar-refractivity contribution in [1.29, 1.82) is 0 Å². The van der Waals surface area contributed by atoms with Crippen LogP contribution in [0.5, 0.6) is 0 Å². The van der Waals surface area contributed by atoms with E-state index in [1.165, 1.54) is 6.26 Å². The predicted molar refractivity (Wildman–Crippen MR) is 77.2 cm³/mol. The molecule has 0 aliphatic carbocycles. The molecule has 134 valence electrons. The topological polar surface area (TPSA) is 71.8 Å². The molecule has 1 aromatic heterocycles. The van der Waals surface area contributed by atoms with Gasteiger partial charge in [-0.15, -0.1) is 0 Å². The molecule has 1 fully saturated rings. The van der Waals surface area contributed by atoms with Crippen LogP contribution in [0.25, 0.3) is 0 Å². The van der Waals surface area contributed by atoms with Crippen molar-refractivity contribution in [3.8, 4) is 0 Å². The van der Waals surface area contributed by atoms with Gasteiger partial charge in [-0.25, -0.2) is 0 Å². The summed E-state index contributed by atoms with van der Waals surface area (Å²) in [7, 11) is 0. The van der Waals surface area contributed by atoms with Gasteiger partial charge < -0.3 is 19.4 Å². The number of hydrogen-bond donors (Lipinski definition) is 1. The van der Waals surface area contributed by atoms with Gasteiger partial charge >= 0.3 is 6.18 Å². The van der Waals surface area contributed by atoms with Gasteiger partial charge in [0.2, 0.25) is 5.91 Å². The molecular formula is C15H19F3N2O4. The number of hydrogen-bond acceptors (Lipinski definition) is 4. The Balaban J connectivity index is 1.65. The maximum atomic E-state index is 12.1. The van der Waals surface area contributed by atoms with Crippen LogP contribution in [0.4, 0.5) is 13.2 Å². The number of likely N-dealkylation sites (tertiary alicyclic amines) is 1. The number of nitrogens with zero attached hydrogens (tertiary/aromatic N) is 1. The van der Waals surface area contributed by atoms with Crippen molar-refractivity contribution in [2.45, 2.75) is 19.0 Å². The molecule has 0 spiro atoms. The molecule has 0 atom stereocenters. The zero-order valence-electron chi connectivity index (χ0n) is 13.0. The highest BCUT2D eigenvalue weighted by Gasteiger charge is 2.29. The van der Waals surface area contributed by atoms with Crippen LogP contribution in [0.15, 0.2) is 22.8 Å². The van der Waals surface area contributed by atoms with E-state index in [9.17, 15) is 22.8 Å². The van der Waals surface area contributed by atoms with Crippen LogP contribution in [0, 0.1) is 5.92 Å². The number of nitrogens with one attached hydrogen (secondary N) is 1. The Morgan fingerprint density at radius 2 is 2.04 bits per heavy atom. The van der Waals surface area contributed by atoms with Gasteiger partial charge in [0.1, 0.15) is 6.61 Å². The molecule has 2 heterocycles. The Morgan fingerprint density at radius 1 is 1.33 bits per heavy atom. The molecule has 2 amide bonds. The second kappa shape index (κ2) is 8.18. The van der Waals surface area contributed by atoms with Crippen molar-refractivity contribution in [2.24, 2.45) is 5.92 Å². The van der Waals surface area contributed by atoms with Gasteiger partial charge in [-0.1, -0.05) is 0 Å². The number of piperidine rings is 1. The first-order valence-corrected chi connectivity index (χ1v) is 7.62. The van der Waals surface area contributed by atoms with E-state index in [-0.39, 0.29) is 36.6 Å². The zero-order valence-corrected chi connectivity index (χ0v) is 13.0. The Kier molecular flexibility index (Phi) is 6.24. The molecule has 0 saturated carbocycles. The number of furan rings is 1. The van der Waals surface area contributed by atoms with Crippen molar-refractivity contribution < 1.29 is 31.9 Å². The van der Waals surface area contributed by atoms with Crippen LogP contribution in [-0.4, -0.2) is 55.7 Å². The smallest absolute Gasteiger partial charge is 0.411 e. The van der Waals surface area contributed by atoms with E-state index >= 15 is 0 Å². The first-order chi connectivity index (χ1) is 11.4. The van der Waals surface area contributed by atoms with Crippen molar-refractivity contribution in [2.75, 3.05) is 32.8 Å². The maximum Gasteiger partial charge on any atom is 0.411 e. The second-order valence-corrected chi connectivity index (χ2v) is 5.50. The summed E-state index contributed by atoms with van der Waals surface area (Å²) in [5.74, 6) is -0.428. The van der Waals surface area contributed by atoms with Crippen LogP contribution < -0.4 is 5.32 Å². The molecule has 0 radical (unpaired) electrons. The standard InChI is InChI=1S/C15H19F3N2O4/c16-15(17,18)10-23-9-5-19-13(21)11-3-6-20(7-4-11)14(22)12-2-1-8-24-12/h1-2,8,11H,3-7,9-10H2,(H,19,21). The Morgan fingerprint density at radius 3 is 2.62 bits per heavy atom. The van der Waals surface area contributed by atoms with E-state index in [2.05, 4.69) is 10.1 Å². The third-order valence-corrected chi connectivity index (χ3v) is 3.70. The van der Waals surface area contributed by atoms with E-state index in [0.717, 1.165) is 0 Å². The molecule has 9 heteroatoms. The van der Waals surface area contributed by atoms with Gasteiger partial charge in [0.05, 0.1) is 12.9 Å². The third-order valence-electron chi connectivity index (χ3n) is 3.70. The van der Waals surface area contributed by atoms with Crippen LogP contribution >= 0.6 is 0 Å². The highest BCUT2D eigenvalue weighted by molar-refractivity contribution is 5.91. The molecular weight excluding hydrogens is 329 g/mol. The average Bonchev–Trinajstić information content (AvgIpc) is 3.07. The van der Waals surface area contributed by atoms with Crippen LogP contribution in [-0.2, 0) is 9.53 Å². The number of ether oxygens (including phenoxy) is 1. The molecule has 0 unspecified atom stereocenters. The van der Waals surface area contributed by atoms with Crippen molar-refractivity contribution in [1.82, 2.24) is 10.2 Å². The fourth-order valence-electron chi connectivity index (χ4n) is 2.48. The summed E-state index contributed by atoms with van der Waals surface area (Å²) < 4.78 is 45.1. The molecule has 2 rings (SSSR count). The van der Waals surface area contributed by atoms with Gasteiger partial charge in [0, 0.05) is 25.6 Å². The quantitative estimate of drug-likeness (QED) is 0.796. The predicted octanol–water partition coefficient (Wildman–Crippen LogP) is 1.83. The van der Waals surface area contributed by atoms with E-state index in [4.69, 9.17) is 4.42 Å². The van der Waals surface area contributed by atoms with Gasteiger partial charge in [0.25, 0.3) is 5.91 Å². The highest BCUT2D eigenvalue weighted by atomic mass is 19.4. The van der Waals surface area contributed by atoms with Crippen LogP contribution in [0.2, 0.25) is 0 Å². The molecule has 24 heavy (non-hydrogen) atoms. The average molecular weight is 348 g/mol. The van der Waals surface area contributed by atoms with Crippen molar-refractivity contribution in [3.63, 3.8) is 0 Å². The lowest BCUT2D eigenvalue weighted by molar-refractivity contribution is -0.173. The normalized spacial score (nSPS) is 16.2. The third kappa shape index (κ3) is 5.55. The van der Waals surface area contributed by atoms with Gasteiger partial charge in [-0.2, -0.15) is 13.2 Å². The second-order valence-electron chi connectivity index (χ2n) is 5.50. The monoisotopic (exact) mass is 348 g/mol. The van der Waals surface area contributed by atoms with E-state index in [0.29, 0.717) is 25.9 Å². The number of halogens is 3. The van der Waals surface area contributed by atoms with Crippen molar-refractivity contribution >= 4 is 11.8 Å². The first-order valence-electron chi connectivity index (χ1n) is 7.62. The molecule has 6 nitrogen and oxygen atoms in total. The fraction of sp³-hybridized carbons (Fsp3) is 0.600. The van der Waals surface area contributed by atoms with Gasteiger partial charge in [0.15, 0.2) is 5.76 Å². The number of carbonyl (C=O) groups excluding carboxylic acids is 2. The Labute approximate surface area is 136 Å². The van der Waals surface area contributed by atoms with E-state index in [1.54, 1.807) is 17.0 Å². The van der Waals surface area contributed by atoms with Crippen molar-refractivity contribution in [3.05, 3.63) is 24.2 Å². The lowest BCUT2D eigenvalue weighted by atomic mass is 9.96. The lowest BCUT2D eigenvalue weighted by Gasteiger charge is -2.30. The highest BCUT2D eigenvalue weighted by Crippen LogP contribution is 2.19. The Bertz CT molecular complexity index is 537. The number of carbonyl (C=O) groups is 2. The van der Waals surface area contributed by atoms with Gasteiger partial charge in [-0.05, 0) is 25.0 Å². The van der Waals surface area contributed by atoms with Crippen LogP contribution in [0.1, 0.15) is 23.4 Å². The molecule has 1 aliphatic heterocycles. The molecule has 1 N–H and O–H groups in total. The summed E-state index contributed by atoms with van der Waals surface area (Å²) in [6, 6.07) is 3.22. The summed E-state index contributed by atoms with van der Waals surface area (Å²) in [5, 5.41) is 2.56. The van der Waals surface area contributed by atoms with Crippen LogP contribution in [0.3, 0.4) is 0 Å². The van der Waals surface area contributed by atoms with E-state index < -0.39 is 12.8 Å². The SMILES string of the molecule is O=C(NCCOCC(F)(F)F)C1CCN(C(=O)c2ccco2)CC1. The Hall–Kier alpha value is -2.03. The molecule has 1 saturated heterocycles. The molecule has 0 aromatic carbocycles. The lowest BCUT2D eigenvalue weighted by Crippen LogP contribution is -2.43. The largest absolute Gasteiger partial charge is 0.459 e.